The molecular weight excluding hydrogens is 450 g/mol. The normalized spacial score (nSPS) is 17.2. The van der Waals surface area contributed by atoms with Gasteiger partial charge in [0.15, 0.2) is 0 Å². The van der Waals surface area contributed by atoms with Gasteiger partial charge in [0.2, 0.25) is 0 Å². The molecule has 0 saturated carbocycles. The van der Waals surface area contributed by atoms with E-state index in [9.17, 15) is 9.18 Å². The predicted octanol–water partition coefficient (Wildman–Crippen LogP) is 5.19. The van der Waals surface area contributed by atoms with Crippen molar-refractivity contribution in [3.63, 3.8) is 0 Å². The number of carbonyl (C=O) groups is 1. The van der Waals surface area contributed by atoms with Crippen LogP contribution in [0.1, 0.15) is 12.0 Å². The van der Waals surface area contributed by atoms with Crippen molar-refractivity contribution in [2.24, 2.45) is 0 Å². The maximum absolute atomic E-state index is 13.5. The SMILES string of the molecule is O=C1NCCN1CCN1CC=C(c2cn(-c3ccc(F)cc3)c3cc(Cl)c(Cl)cc23)CC1. The largest absolute Gasteiger partial charge is 0.336 e. The fourth-order valence-electron chi connectivity index (χ4n) is 4.44. The molecule has 0 bridgehead atoms. The van der Waals surface area contributed by atoms with Crippen LogP contribution in [-0.4, -0.2) is 59.7 Å². The summed E-state index contributed by atoms with van der Waals surface area (Å²) in [5, 5.41) is 4.87. The average molecular weight is 473 g/mol. The van der Waals surface area contributed by atoms with Gasteiger partial charge in [0.05, 0.1) is 15.6 Å². The van der Waals surface area contributed by atoms with Gasteiger partial charge in [-0.1, -0.05) is 29.3 Å². The Morgan fingerprint density at radius 2 is 1.81 bits per heavy atom. The Hall–Kier alpha value is -2.54. The highest BCUT2D eigenvalue weighted by Gasteiger charge is 2.22. The van der Waals surface area contributed by atoms with Crippen molar-refractivity contribution < 1.29 is 9.18 Å². The van der Waals surface area contributed by atoms with Gasteiger partial charge in [-0.3, -0.25) is 4.90 Å². The molecule has 32 heavy (non-hydrogen) atoms. The van der Waals surface area contributed by atoms with E-state index in [0.29, 0.717) is 10.0 Å². The molecule has 1 saturated heterocycles. The quantitative estimate of drug-likeness (QED) is 0.554. The maximum atomic E-state index is 13.5. The molecule has 2 aliphatic heterocycles. The van der Waals surface area contributed by atoms with E-state index >= 15 is 0 Å². The minimum Gasteiger partial charge on any atom is -0.336 e. The molecular formula is C24H23Cl2FN4O. The summed E-state index contributed by atoms with van der Waals surface area (Å²) in [6, 6.07) is 10.2. The summed E-state index contributed by atoms with van der Waals surface area (Å²) in [6.07, 6.45) is 5.23. The molecule has 5 nitrogen and oxygen atoms in total. The van der Waals surface area contributed by atoms with Crippen molar-refractivity contribution in [2.45, 2.75) is 6.42 Å². The highest BCUT2D eigenvalue weighted by Crippen LogP contribution is 2.37. The van der Waals surface area contributed by atoms with Crippen LogP contribution in [0.5, 0.6) is 0 Å². The molecule has 0 spiro atoms. The molecule has 2 amide bonds. The van der Waals surface area contributed by atoms with Gasteiger partial charge in [-0.25, -0.2) is 9.18 Å². The smallest absolute Gasteiger partial charge is 0.317 e. The van der Waals surface area contributed by atoms with E-state index in [4.69, 9.17) is 23.2 Å². The summed E-state index contributed by atoms with van der Waals surface area (Å²) in [5.74, 6) is -0.270. The molecule has 1 N–H and O–H groups in total. The maximum Gasteiger partial charge on any atom is 0.317 e. The summed E-state index contributed by atoms with van der Waals surface area (Å²) in [5.41, 5.74) is 4.17. The van der Waals surface area contributed by atoms with E-state index in [2.05, 4.69) is 22.5 Å². The van der Waals surface area contributed by atoms with Crippen LogP contribution in [0.3, 0.4) is 0 Å². The van der Waals surface area contributed by atoms with Crippen molar-refractivity contribution in [1.82, 2.24) is 19.7 Å². The second-order valence-electron chi connectivity index (χ2n) is 8.17. The highest BCUT2D eigenvalue weighted by molar-refractivity contribution is 6.42. The molecule has 3 heterocycles. The van der Waals surface area contributed by atoms with Crippen LogP contribution in [0.2, 0.25) is 10.0 Å². The van der Waals surface area contributed by atoms with Gasteiger partial charge in [-0.15, -0.1) is 0 Å². The first kappa shape index (κ1) is 21.3. The number of urea groups is 1. The number of nitrogens with zero attached hydrogens (tertiary/aromatic N) is 3. The number of nitrogens with one attached hydrogen (secondary N) is 1. The van der Waals surface area contributed by atoms with E-state index in [1.165, 1.54) is 17.7 Å². The Kier molecular flexibility index (Phi) is 5.84. The number of benzene rings is 2. The molecule has 0 atom stereocenters. The third kappa shape index (κ3) is 4.10. The van der Waals surface area contributed by atoms with Crippen LogP contribution in [0, 0.1) is 5.82 Å². The van der Waals surface area contributed by atoms with Gasteiger partial charge in [-0.2, -0.15) is 0 Å². The third-order valence-electron chi connectivity index (χ3n) is 6.22. The minimum atomic E-state index is -0.270. The van der Waals surface area contributed by atoms with E-state index < -0.39 is 0 Å². The van der Waals surface area contributed by atoms with Crippen LogP contribution in [0.4, 0.5) is 9.18 Å². The van der Waals surface area contributed by atoms with E-state index in [1.54, 1.807) is 12.1 Å². The highest BCUT2D eigenvalue weighted by atomic mass is 35.5. The van der Waals surface area contributed by atoms with Gasteiger partial charge in [0, 0.05) is 62.1 Å². The Morgan fingerprint density at radius 1 is 1.03 bits per heavy atom. The van der Waals surface area contributed by atoms with Crippen molar-refractivity contribution in [1.29, 1.82) is 0 Å². The molecule has 0 aliphatic carbocycles. The first-order valence-corrected chi connectivity index (χ1v) is 11.5. The predicted molar refractivity (Wildman–Crippen MR) is 127 cm³/mol. The molecule has 0 radical (unpaired) electrons. The van der Waals surface area contributed by atoms with Crippen molar-refractivity contribution in [2.75, 3.05) is 39.3 Å². The number of hydrogen-bond donors (Lipinski definition) is 1. The lowest BCUT2D eigenvalue weighted by Gasteiger charge is -2.28. The molecule has 5 rings (SSSR count). The lowest BCUT2D eigenvalue weighted by Crippen LogP contribution is -2.38. The van der Waals surface area contributed by atoms with E-state index in [1.807, 2.05) is 21.6 Å². The zero-order chi connectivity index (χ0) is 22.2. The lowest BCUT2D eigenvalue weighted by atomic mass is 9.99. The van der Waals surface area contributed by atoms with E-state index in [0.717, 1.165) is 67.8 Å². The summed E-state index contributed by atoms with van der Waals surface area (Å²) in [7, 11) is 0. The van der Waals surface area contributed by atoms with Gasteiger partial charge >= 0.3 is 6.03 Å². The molecule has 1 fully saturated rings. The van der Waals surface area contributed by atoms with Crippen LogP contribution in [-0.2, 0) is 0 Å². The summed E-state index contributed by atoms with van der Waals surface area (Å²) < 4.78 is 15.5. The number of hydrogen-bond acceptors (Lipinski definition) is 2. The summed E-state index contributed by atoms with van der Waals surface area (Å²) >= 11 is 12.7. The first-order chi connectivity index (χ1) is 15.5. The summed E-state index contributed by atoms with van der Waals surface area (Å²) in [4.78, 5) is 16.0. The van der Waals surface area contributed by atoms with Gasteiger partial charge in [0.1, 0.15) is 5.82 Å². The van der Waals surface area contributed by atoms with Crippen LogP contribution < -0.4 is 5.32 Å². The fraction of sp³-hybridized carbons (Fsp3) is 0.292. The number of carbonyl (C=O) groups excluding carboxylic acids is 1. The van der Waals surface area contributed by atoms with Crippen molar-refractivity contribution in [3.8, 4) is 5.69 Å². The molecule has 1 aromatic heterocycles. The van der Waals surface area contributed by atoms with Gasteiger partial charge in [0.25, 0.3) is 0 Å². The molecule has 3 aromatic rings. The number of amides is 2. The zero-order valence-electron chi connectivity index (χ0n) is 17.5. The standard InChI is InChI=1S/C24H23Cl2FN4O/c25-21-13-19-20(15-31(23(19)14-22(21)26)18-3-1-17(27)2-4-18)16-5-8-29(9-6-16)11-12-30-10-7-28-24(30)32/h1-5,13-15H,6-12H2,(H,28,32). The number of aromatic nitrogens is 1. The van der Waals surface area contributed by atoms with E-state index in [-0.39, 0.29) is 11.8 Å². The van der Waals surface area contributed by atoms with Crippen LogP contribution in [0.25, 0.3) is 22.2 Å². The monoisotopic (exact) mass is 472 g/mol. The molecule has 8 heteroatoms. The molecule has 2 aliphatic rings. The van der Waals surface area contributed by atoms with Crippen LogP contribution in [0.15, 0.2) is 48.7 Å². The van der Waals surface area contributed by atoms with Gasteiger partial charge in [-0.05, 0) is 48.4 Å². The Bertz CT molecular complexity index is 1200. The molecule has 2 aromatic carbocycles. The molecule has 166 valence electrons. The zero-order valence-corrected chi connectivity index (χ0v) is 19.0. The second-order valence-corrected chi connectivity index (χ2v) is 8.99. The molecule has 0 unspecified atom stereocenters. The van der Waals surface area contributed by atoms with Crippen molar-refractivity contribution >= 4 is 45.7 Å². The number of fused-ring (bicyclic) bond motifs is 1. The fourth-order valence-corrected chi connectivity index (χ4v) is 4.76. The Morgan fingerprint density at radius 3 is 2.50 bits per heavy atom. The minimum absolute atomic E-state index is 0.0300. The first-order valence-electron chi connectivity index (χ1n) is 10.7. The topological polar surface area (TPSA) is 40.5 Å². The Labute approximate surface area is 196 Å². The van der Waals surface area contributed by atoms with Crippen LogP contribution >= 0.6 is 23.2 Å². The number of halogens is 3. The third-order valence-corrected chi connectivity index (χ3v) is 6.94. The van der Waals surface area contributed by atoms with Gasteiger partial charge < -0.3 is 14.8 Å². The Balaban J connectivity index is 1.42. The summed E-state index contributed by atoms with van der Waals surface area (Å²) in [6.45, 7) is 4.86. The van der Waals surface area contributed by atoms with Crippen molar-refractivity contribution in [3.05, 3.63) is 70.1 Å². The second kappa shape index (κ2) is 8.77. The number of rotatable bonds is 5. The average Bonchev–Trinajstić information content (AvgIpc) is 3.37. The lowest BCUT2D eigenvalue weighted by molar-refractivity contribution is 0.205.